The van der Waals surface area contributed by atoms with Gasteiger partial charge in [0, 0.05) is 44.9 Å². The summed E-state index contributed by atoms with van der Waals surface area (Å²) in [6.07, 6.45) is -3.38. The summed E-state index contributed by atoms with van der Waals surface area (Å²) in [6.45, 7) is 0.652. The quantitative estimate of drug-likeness (QED) is 0.774. The monoisotopic (exact) mass is 419 g/mol. The number of halogens is 3. The standard InChI is InChI=1S/C22H24F3N3O2/c1-27(2)18-9-4-7-16(13-18)21(30)26-19(14-28-11-5-10-20(28)29)15-6-3-8-17(12-15)22(23,24)25/h3-4,6-9,12-13,19H,5,10-11,14H2,1-2H3,(H,26,30). The van der Waals surface area contributed by atoms with Crippen LogP contribution in [0.3, 0.4) is 0 Å². The van der Waals surface area contributed by atoms with Gasteiger partial charge in [-0.25, -0.2) is 0 Å². The van der Waals surface area contributed by atoms with Crippen molar-refractivity contribution < 1.29 is 22.8 Å². The zero-order valence-electron chi connectivity index (χ0n) is 16.9. The zero-order chi connectivity index (χ0) is 21.9. The molecule has 0 aliphatic carbocycles. The van der Waals surface area contributed by atoms with E-state index in [2.05, 4.69) is 5.32 Å². The van der Waals surface area contributed by atoms with E-state index >= 15 is 0 Å². The first-order chi connectivity index (χ1) is 14.1. The third kappa shape index (κ3) is 5.11. The van der Waals surface area contributed by atoms with Gasteiger partial charge in [-0.3, -0.25) is 9.59 Å². The predicted molar refractivity (Wildman–Crippen MR) is 108 cm³/mol. The first kappa shape index (κ1) is 21.7. The Morgan fingerprint density at radius 3 is 2.53 bits per heavy atom. The van der Waals surface area contributed by atoms with Gasteiger partial charge in [-0.1, -0.05) is 18.2 Å². The largest absolute Gasteiger partial charge is 0.416 e. The van der Waals surface area contributed by atoms with Gasteiger partial charge >= 0.3 is 6.18 Å². The Kier molecular flexibility index (Phi) is 6.34. The van der Waals surface area contributed by atoms with E-state index < -0.39 is 23.7 Å². The number of nitrogens with zero attached hydrogens (tertiary/aromatic N) is 2. The van der Waals surface area contributed by atoms with Crippen LogP contribution in [0.25, 0.3) is 0 Å². The minimum Gasteiger partial charge on any atom is -0.378 e. The van der Waals surface area contributed by atoms with Gasteiger partial charge in [0.1, 0.15) is 0 Å². The smallest absolute Gasteiger partial charge is 0.378 e. The maximum Gasteiger partial charge on any atom is 0.416 e. The molecule has 3 rings (SSSR count). The molecule has 0 bridgehead atoms. The van der Waals surface area contributed by atoms with E-state index in [-0.39, 0.29) is 12.5 Å². The number of nitrogens with one attached hydrogen (secondary N) is 1. The van der Waals surface area contributed by atoms with E-state index in [0.29, 0.717) is 30.5 Å². The Hall–Kier alpha value is -3.03. The molecule has 5 nitrogen and oxygen atoms in total. The van der Waals surface area contributed by atoms with E-state index in [9.17, 15) is 22.8 Å². The van der Waals surface area contributed by atoms with Crippen LogP contribution in [-0.4, -0.2) is 43.9 Å². The highest BCUT2D eigenvalue weighted by atomic mass is 19.4. The van der Waals surface area contributed by atoms with Crippen molar-refractivity contribution in [2.45, 2.75) is 25.1 Å². The van der Waals surface area contributed by atoms with Crippen LogP contribution in [0.2, 0.25) is 0 Å². The van der Waals surface area contributed by atoms with Crippen LogP contribution in [0, 0.1) is 0 Å². The molecule has 1 aliphatic rings. The number of hydrogen-bond acceptors (Lipinski definition) is 3. The number of likely N-dealkylation sites (tertiary alicyclic amines) is 1. The van der Waals surface area contributed by atoms with Gasteiger partial charge in [0.15, 0.2) is 0 Å². The molecule has 1 unspecified atom stereocenters. The minimum atomic E-state index is -4.49. The number of benzene rings is 2. The fourth-order valence-corrected chi connectivity index (χ4v) is 3.45. The Balaban J connectivity index is 1.89. The Bertz CT molecular complexity index is 928. The molecule has 8 heteroatoms. The Morgan fingerprint density at radius 2 is 1.90 bits per heavy atom. The summed E-state index contributed by atoms with van der Waals surface area (Å²) in [4.78, 5) is 28.4. The number of rotatable bonds is 6. The second kappa shape index (κ2) is 8.77. The Morgan fingerprint density at radius 1 is 1.17 bits per heavy atom. The summed E-state index contributed by atoms with van der Waals surface area (Å²) >= 11 is 0. The molecular weight excluding hydrogens is 395 g/mol. The SMILES string of the molecule is CN(C)c1cccc(C(=O)NC(CN2CCCC2=O)c2cccc(C(F)(F)F)c2)c1. The van der Waals surface area contributed by atoms with Crippen LogP contribution >= 0.6 is 0 Å². The van der Waals surface area contributed by atoms with Crippen LogP contribution in [0.5, 0.6) is 0 Å². The molecule has 30 heavy (non-hydrogen) atoms. The van der Waals surface area contributed by atoms with Gasteiger partial charge in [-0.05, 0) is 42.3 Å². The average Bonchev–Trinajstić information content (AvgIpc) is 3.11. The molecule has 1 saturated heterocycles. The number of carbonyl (C=O) groups excluding carboxylic acids is 2. The van der Waals surface area contributed by atoms with E-state index in [1.54, 1.807) is 23.1 Å². The van der Waals surface area contributed by atoms with Crippen LogP contribution in [0.1, 0.15) is 40.4 Å². The lowest BCUT2D eigenvalue weighted by Gasteiger charge is -2.26. The molecule has 1 heterocycles. The third-order valence-corrected chi connectivity index (χ3v) is 5.12. The van der Waals surface area contributed by atoms with Gasteiger partial charge < -0.3 is 15.1 Å². The molecule has 0 spiro atoms. The molecule has 0 saturated carbocycles. The summed E-state index contributed by atoms with van der Waals surface area (Å²) in [5.41, 5.74) is 0.738. The minimum absolute atomic E-state index is 0.0594. The molecule has 160 valence electrons. The molecule has 2 amide bonds. The van der Waals surface area contributed by atoms with Gasteiger partial charge in [0.05, 0.1) is 11.6 Å². The average molecular weight is 419 g/mol. The second-order valence-electron chi connectivity index (χ2n) is 7.54. The number of anilines is 1. The van der Waals surface area contributed by atoms with Crippen molar-refractivity contribution in [2.75, 3.05) is 32.1 Å². The van der Waals surface area contributed by atoms with Gasteiger partial charge in [0.25, 0.3) is 5.91 Å². The molecule has 0 aromatic heterocycles. The van der Waals surface area contributed by atoms with Crippen LogP contribution in [-0.2, 0) is 11.0 Å². The van der Waals surface area contributed by atoms with Crippen LogP contribution < -0.4 is 10.2 Å². The molecule has 1 N–H and O–H groups in total. The summed E-state index contributed by atoms with van der Waals surface area (Å²) in [6, 6.07) is 11.1. The maximum atomic E-state index is 13.2. The summed E-state index contributed by atoms with van der Waals surface area (Å²) in [5.74, 6) is -0.469. The van der Waals surface area contributed by atoms with Crippen molar-refractivity contribution in [3.05, 3.63) is 65.2 Å². The zero-order valence-corrected chi connectivity index (χ0v) is 16.9. The Labute approximate surface area is 173 Å². The van der Waals surface area contributed by atoms with Crippen LogP contribution in [0.4, 0.5) is 18.9 Å². The van der Waals surface area contributed by atoms with E-state index in [4.69, 9.17) is 0 Å². The molecular formula is C22H24F3N3O2. The predicted octanol–water partition coefficient (Wildman–Crippen LogP) is 3.86. The molecule has 1 atom stereocenters. The van der Waals surface area contributed by atoms with Crippen molar-refractivity contribution in [3.8, 4) is 0 Å². The fourth-order valence-electron chi connectivity index (χ4n) is 3.45. The van der Waals surface area contributed by atoms with Crippen LogP contribution in [0.15, 0.2) is 48.5 Å². The lowest BCUT2D eigenvalue weighted by Crippen LogP contribution is -2.38. The number of carbonyl (C=O) groups is 2. The summed E-state index contributed by atoms with van der Waals surface area (Å²) in [5, 5.41) is 2.82. The van der Waals surface area contributed by atoms with Gasteiger partial charge in [0.2, 0.25) is 5.91 Å². The van der Waals surface area contributed by atoms with Crippen molar-refractivity contribution >= 4 is 17.5 Å². The molecule has 2 aromatic carbocycles. The van der Waals surface area contributed by atoms with E-state index in [0.717, 1.165) is 17.8 Å². The molecule has 1 aliphatic heterocycles. The summed E-state index contributed by atoms with van der Waals surface area (Å²) in [7, 11) is 3.70. The van der Waals surface area contributed by atoms with Crippen molar-refractivity contribution in [2.24, 2.45) is 0 Å². The first-order valence-electron chi connectivity index (χ1n) is 9.68. The number of hydrogen-bond donors (Lipinski definition) is 1. The normalized spacial score (nSPS) is 15.2. The van der Waals surface area contributed by atoms with Crippen molar-refractivity contribution in [1.82, 2.24) is 10.2 Å². The fraction of sp³-hybridized carbons (Fsp3) is 0.364. The van der Waals surface area contributed by atoms with Gasteiger partial charge in [-0.2, -0.15) is 13.2 Å². The topological polar surface area (TPSA) is 52.7 Å². The summed E-state index contributed by atoms with van der Waals surface area (Å²) < 4.78 is 39.6. The highest BCUT2D eigenvalue weighted by Crippen LogP contribution is 2.31. The molecule has 0 radical (unpaired) electrons. The van der Waals surface area contributed by atoms with E-state index in [1.165, 1.54) is 12.1 Å². The van der Waals surface area contributed by atoms with Crippen molar-refractivity contribution in [3.63, 3.8) is 0 Å². The molecule has 1 fully saturated rings. The lowest BCUT2D eigenvalue weighted by molar-refractivity contribution is -0.137. The number of alkyl halides is 3. The van der Waals surface area contributed by atoms with Crippen molar-refractivity contribution in [1.29, 1.82) is 0 Å². The molecule has 2 aromatic rings. The second-order valence-corrected chi connectivity index (χ2v) is 7.54. The highest BCUT2D eigenvalue weighted by molar-refractivity contribution is 5.95. The first-order valence-corrected chi connectivity index (χ1v) is 9.68. The third-order valence-electron chi connectivity index (χ3n) is 5.12. The van der Waals surface area contributed by atoms with E-state index in [1.807, 2.05) is 25.1 Å². The maximum absolute atomic E-state index is 13.2. The van der Waals surface area contributed by atoms with Gasteiger partial charge in [-0.15, -0.1) is 0 Å². The number of amides is 2. The lowest BCUT2D eigenvalue weighted by atomic mass is 10.0. The highest BCUT2D eigenvalue weighted by Gasteiger charge is 2.32.